The SMILES string of the molecule is Cc1ccc(-c2ccc(B(c3ccccc3)c3cccc4ccccc34)cc2)cc1. The predicted octanol–water partition coefficient (Wildman–Crippen LogP) is 5.33. The van der Waals surface area contributed by atoms with E-state index >= 15 is 0 Å². The van der Waals surface area contributed by atoms with Crippen LogP contribution in [-0.2, 0) is 0 Å². The highest BCUT2D eigenvalue weighted by molar-refractivity contribution is 6.96. The zero-order chi connectivity index (χ0) is 20.3. The summed E-state index contributed by atoms with van der Waals surface area (Å²) in [6, 6.07) is 44.0. The van der Waals surface area contributed by atoms with Gasteiger partial charge in [-0.1, -0.05) is 143 Å². The lowest BCUT2D eigenvalue weighted by molar-refractivity contribution is 1.47. The number of hydrogen-bond donors (Lipinski definition) is 0. The predicted molar refractivity (Wildman–Crippen MR) is 132 cm³/mol. The third kappa shape index (κ3) is 3.55. The summed E-state index contributed by atoms with van der Waals surface area (Å²) in [7, 11) is 0. The monoisotopic (exact) mass is 382 g/mol. The van der Waals surface area contributed by atoms with Crippen molar-refractivity contribution < 1.29 is 0 Å². The van der Waals surface area contributed by atoms with Gasteiger partial charge in [0.25, 0.3) is 0 Å². The van der Waals surface area contributed by atoms with Crippen molar-refractivity contribution in [3.05, 3.63) is 127 Å². The van der Waals surface area contributed by atoms with Crippen molar-refractivity contribution >= 4 is 33.9 Å². The fraction of sp³-hybridized carbons (Fsp3) is 0.0345. The maximum absolute atomic E-state index is 2.29. The molecule has 0 amide bonds. The Labute approximate surface area is 178 Å². The van der Waals surface area contributed by atoms with Crippen molar-refractivity contribution in [1.82, 2.24) is 0 Å². The van der Waals surface area contributed by atoms with Crippen LogP contribution in [0.2, 0.25) is 0 Å². The lowest BCUT2D eigenvalue weighted by atomic mass is 9.36. The normalized spacial score (nSPS) is 10.8. The number of benzene rings is 5. The molecular formula is C29H23B. The van der Waals surface area contributed by atoms with Crippen LogP contribution in [0.4, 0.5) is 0 Å². The summed E-state index contributed by atoms with van der Waals surface area (Å²) in [5.74, 6) is 0. The average Bonchev–Trinajstić information content (AvgIpc) is 2.81. The minimum atomic E-state index is 0.198. The summed E-state index contributed by atoms with van der Waals surface area (Å²) in [5.41, 5.74) is 7.78. The Hall–Kier alpha value is -3.58. The smallest absolute Gasteiger partial charge is 0.0686 e. The summed E-state index contributed by atoms with van der Waals surface area (Å²) in [5, 5.41) is 2.60. The number of hydrogen-bond acceptors (Lipinski definition) is 0. The van der Waals surface area contributed by atoms with Crippen LogP contribution in [0.15, 0.2) is 121 Å². The van der Waals surface area contributed by atoms with Crippen molar-refractivity contribution in [2.45, 2.75) is 6.92 Å². The second kappa shape index (κ2) is 8.04. The first kappa shape index (κ1) is 18.5. The van der Waals surface area contributed by atoms with Crippen LogP contribution in [0.5, 0.6) is 0 Å². The van der Waals surface area contributed by atoms with Gasteiger partial charge in [0, 0.05) is 0 Å². The van der Waals surface area contributed by atoms with Gasteiger partial charge in [-0.25, -0.2) is 0 Å². The molecule has 5 aromatic carbocycles. The molecule has 0 unspecified atom stereocenters. The van der Waals surface area contributed by atoms with Crippen molar-refractivity contribution in [1.29, 1.82) is 0 Å². The molecule has 0 N–H and O–H groups in total. The van der Waals surface area contributed by atoms with Gasteiger partial charge < -0.3 is 0 Å². The molecule has 0 spiro atoms. The van der Waals surface area contributed by atoms with E-state index in [2.05, 4.69) is 128 Å². The Morgan fingerprint density at radius 2 is 1.03 bits per heavy atom. The number of aryl methyl sites for hydroxylation is 1. The molecule has 0 atom stereocenters. The Morgan fingerprint density at radius 3 is 1.77 bits per heavy atom. The molecule has 0 aliphatic heterocycles. The molecule has 5 rings (SSSR count). The van der Waals surface area contributed by atoms with E-state index in [4.69, 9.17) is 0 Å². The highest BCUT2D eigenvalue weighted by atomic mass is 14.0. The molecular weight excluding hydrogens is 359 g/mol. The molecule has 0 radical (unpaired) electrons. The van der Waals surface area contributed by atoms with Crippen molar-refractivity contribution in [3.8, 4) is 11.1 Å². The van der Waals surface area contributed by atoms with E-state index in [0.29, 0.717) is 0 Å². The maximum atomic E-state index is 2.29. The van der Waals surface area contributed by atoms with Crippen LogP contribution >= 0.6 is 0 Å². The molecule has 0 saturated heterocycles. The standard InChI is InChI=1S/C29H23B/c1-22-14-16-23(17-15-22)24-18-20-27(21-19-24)30(26-10-3-2-4-11-26)29-13-7-9-25-8-5-6-12-28(25)29/h2-21H,1H3. The topological polar surface area (TPSA) is 0 Å². The molecule has 0 bridgehead atoms. The van der Waals surface area contributed by atoms with Crippen molar-refractivity contribution in [2.24, 2.45) is 0 Å². The highest BCUT2D eigenvalue weighted by Crippen LogP contribution is 2.19. The molecule has 1 heteroatoms. The minimum Gasteiger partial charge on any atom is -0.0686 e. The van der Waals surface area contributed by atoms with E-state index in [-0.39, 0.29) is 6.71 Å². The van der Waals surface area contributed by atoms with Crippen molar-refractivity contribution in [3.63, 3.8) is 0 Å². The quantitative estimate of drug-likeness (QED) is 0.369. The largest absolute Gasteiger partial charge is 0.241 e. The van der Waals surface area contributed by atoms with E-state index in [0.717, 1.165) is 0 Å². The van der Waals surface area contributed by atoms with Gasteiger partial charge in [-0.3, -0.25) is 0 Å². The first-order valence-electron chi connectivity index (χ1n) is 10.5. The lowest BCUT2D eigenvalue weighted by Gasteiger charge is -2.18. The summed E-state index contributed by atoms with van der Waals surface area (Å²) in [6.45, 7) is 2.32. The molecule has 142 valence electrons. The zero-order valence-corrected chi connectivity index (χ0v) is 17.1. The number of rotatable bonds is 4. The first-order valence-corrected chi connectivity index (χ1v) is 10.5. The van der Waals surface area contributed by atoms with Gasteiger partial charge in [0.1, 0.15) is 0 Å². The van der Waals surface area contributed by atoms with Gasteiger partial charge in [0.15, 0.2) is 0 Å². The van der Waals surface area contributed by atoms with Crippen molar-refractivity contribution in [2.75, 3.05) is 0 Å². The van der Waals surface area contributed by atoms with Crippen LogP contribution < -0.4 is 16.4 Å². The lowest BCUT2D eigenvalue weighted by Crippen LogP contribution is -2.52. The maximum Gasteiger partial charge on any atom is 0.241 e. The first-order chi connectivity index (χ1) is 14.8. The highest BCUT2D eigenvalue weighted by Gasteiger charge is 2.23. The van der Waals surface area contributed by atoms with E-state index < -0.39 is 0 Å². The molecule has 0 fully saturated rings. The van der Waals surface area contributed by atoms with Crippen LogP contribution in [0, 0.1) is 6.92 Å². The summed E-state index contributed by atoms with van der Waals surface area (Å²) in [4.78, 5) is 0. The fourth-order valence-electron chi connectivity index (χ4n) is 4.31. The molecule has 5 aromatic rings. The Morgan fingerprint density at radius 1 is 0.467 bits per heavy atom. The summed E-state index contributed by atoms with van der Waals surface area (Å²) in [6.07, 6.45) is 0. The minimum absolute atomic E-state index is 0.198. The molecule has 30 heavy (non-hydrogen) atoms. The van der Waals surface area contributed by atoms with E-state index in [1.165, 1.54) is 43.9 Å². The Balaban J connectivity index is 1.63. The van der Waals surface area contributed by atoms with Gasteiger partial charge in [-0.05, 0) is 28.8 Å². The van der Waals surface area contributed by atoms with E-state index in [9.17, 15) is 0 Å². The van der Waals surface area contributed by atoms with Crippen LogP contribution in [-0.4, -0.2) is 6.71 Å². The Kier molecular flexibility index (Phi) is 4.95. The number of fused-ring (bicyclic) bond motifs is 1. The van der Waals surface area contributed by atoms with Crippen LogP contribution in [0.1, 0.15) is 5.56 Å². The third-order valence-electron chi connectivity index (χ3n) is 5.90. The molecule has 0 aliphatic rings. The zero-order valence-electron chi connectivity index (χ0n) is 17.1. The summed E-state index contributed by atoms with van der Waals surface area (Å²) >= 11 is 0. The van der Waals surface area contributed by atoms with Gasteiger partial charge in [-0.2, -0.15) is 0 Å². The fourth-order valence-corrected chi connectivity index (χ4v) is 4.31. The van der Waals surface area contributed by atoms with Crippen LogP contribution in [0.25, 0.3) is 21.9 Å². The second-order valence-electron chi connectivity index (χ2n) is 7.90. The third-order valence-corrected chi connectivity index (χ3v) is 5.90. The molecule has 0 saturated carbocycles. The molecule has 0 aromatic heterocycles. The Bertz CT molecular complexity index is 1260. The average molecular weight is 382 g/mol. The van der Waals surface area contributed by atoms with Gasteiger partial charge in [0.05, 0.1) is 0 Å². The molecule has 0 aliphatic carbocycles. The van der Waals surface area contributed by atoms with Crippen LogP contribution in [0.3, 0.4) is 0 Å². The van der Waals surface area contributed by atoms with Gasteiger partial charge >= 0.3 is 0 Å². The molecule has 0 nitrogen and oxygen atoms in total. The second-order valence-corrected chi connectivity index (χ2v) is 7.90. The molecule has 0 heterocycles. The van der Waals surface area contributed by atoms with E-state index in [1.807, 2.05) is 0 Å². The van der Waals surface area contributed by atoms with Gasteiger partial charge in [0.2, 0.25) is 6.71 Å². The van der Waals surface area contributed by atoms with E-state index in [1.54, 1.807) is 0 Å². The summed E-state index contributed by atoms with van der Waals surface area (Å²) < 4.78 is 0. The van der Waals surface area contributed by atoms with Gasteiger partial charge in [-0.15, -0.1) is 0 Å².